The molecule has 0 saturated heterocycles. The Hall–Kier alpha value is -2.43. The van der Waals surface area contributed by atoms with E-state index in [9.17, 15) is 9.59 Å². The summed E-state index contributed by atoms with van der Waals surface area (Å²) in [5.74, 6) is 0.0741. The van der Waals surface area contributed by atoms with E-state index < -0.39 is 6.09 Å². The predicted octanol–water partition coefficient (Wildman–Crippen LogP) is 1.23. The molecule has 0 aliphatic rings. The minimum atomic E-state index is -0.699. The monoisotopic (exact) mass is 373 g/mol. The van der Waals surface area contributed by atoms with Gasteiger partial charge >= 0.3 is 6.09 Å². The van der Waals surface area contributed by atoms with Crippen molar-refractivity contribution in [2.75, 3.05) is 44.2 Å². The molecule has 1 aromatic rings. The Kier molecular flexibility index (Phi) is 9.22. The summed E-state index contributed by atoms with van der Waals surface area (Å²) >= 11 is 5.95. The first-order valence-electron chi connectivity index (χ1n) is 7.20. The molecule has 138 valence electrons. The molecule has 2 N–H and O–H groups in total. The van der Waals surface area contributed by atoms with E-state index in [4.69, 9.17) is 31.6 Å². The Bertz CT molecular complexity index is 568. The molecule has 0 bridgehead atoms. The predicted molar refractivity (Wildman–Crippen MR) is 90.7 cm³/mol. The number of nitrogens with zero attached hydrogens (tertiary/aromatic N) is 4. The maximum Gasteiger partial charge on any atom is 0.434 e. The lowest BCUT2D eigenvalue weighted by atomic mass is 10.3. The van der Waals surface area contributed by atoms with Crippen molar-refractivity contribution in [1.82, 2.24) is 15.0 Å². The van der Waals surface area contributed by atoms with E-state index in [1.807, 2.05) is 0 Å². The van der Waals surface area contributed by atoms with Crippen LogP contribution in [0.25, 0.3) is 0 Å². The minimum absolute atomic E-state index is 0.0413. The van der Waals surface area contributed by atoms with E-state index >= 15 is 0 Å². The molecule has 25 heavy (non-hydrogen) atoms. The lowest BCUT2D eigenvalue weighted by Gasteiger charge is -2.23. The van der Waals surface area contributed by atoms with Gasteiger partial charge in [-0.3, -0.25) is 4.79 Å². The van der Waals surface area contributed by atoms with Crippen LogP contribution in [-0.4, -0.2) is 61.1 Å². The van der Waals surface area contributed by atoms with Gasteiger partial charge in [-0.2, -0.15) is 5.06 Å². The Balaban J connectivity index is 2.67. The van der Waals surface area contributed by atoms with Crippen LogP contribution in [0.15, 0.2) is 19.0 Å². The number of carbonyl (C=O) groups excluding carboxylic acids is 2. The molecule has 1 rings (SSSR count). The lowest BCUT2D eigenvalue weighted by Crippen LogP contribution is -2.35. The van der Waals surface area contributed by atoms with Crippen LogP contribution in [0.3, 0.4) is 0 Å². The SMILES string of the molecule is C=CCOC(=O)N(CCCN(C=O)c1c(N)ncnc1Cl)OCOC. The summed E-state index contributed by atoms with van der Waals surface area (Å²) in [6, 6.07) is 0. The molecular formula is C14H20ClN5O5. The molecule has 0 atom stereocenters. The zero-order chi connectivity index (χ0) is 18.7. The number of carbonyl (C=O) groups is 2. The second-order valence-corrected chi connectivity index (χ2v) is 4.91. The first kappa shape index (κ1) is 20.6. The summed E-state index contributed by atoms with van der Waals surface area (Å²) in [5, 5.41) is 1.04. The van der Waals surface area contributed by atoms with Crippen LogP contribution in [-0.2, 0) is 19.1 Å². The molecule has 0 aromatic carbocycles. The maximum atomic E-state index is 11.9. The number of aromatic nitrogens is 2. The van der Waals surface area contributed by atoms with Gasteiger partial charge in [-0.1, -0.05) is 24.3 Å². The number of halogens is 1. The van der Waals surface area contributed by atoms with Crippen molar-refractivity contribution in [3.8, 4) is 0 Å². The van der Waals surface area contributed by atoms with Crippen LogP contribution >= 0.6 is 11.6 Å². The number of nitrogens with two attached hydrogens (primary N) is 1. The van der Waals surface area contributed by atoms with Crippen molar-refractivity contribution in [1.29, 1.82) is 0 Å². The third-order valence-corrected chi connectivity index (χ3v) is 3.11. The fraction of sp³-hybridized carbons (Fsp3) is 0.429. The topological polar surface area (TPSA) is 120 Å². The van der Waals surface area contributed by atoms with Crippen molar-refractivity contribution in [3.63, 3.8) is 0 Å². The highest BCUT2D eigenvalue weighted by Crippen LogP contribution is 2.27. The van der Waals surface area contributed by atoms with Gasteiger partial charge in [0.2, 0.25) is 6.41 Å². The normalized spacial score (nSPS) is 10.2. The Morgan fingerprint density at radius 3 is 2.80 bits per heavy atom. The van der Waals surface area contributed by atoms with Gasteiger partial charge in [0.15, 0.2) is 17.8 Å². The second kappa shape index (κ2) is 11.2. The molecule has 1 heterocycles. The molecule has 0 aliphatic heterocycles. The van der Waals surface area contributed by atoms with Crippen molar-refractivity contribution < 1.29 is 23.9 Å². The van der Waals surface area contributed by atoms with Crippen LogP contribution in [0.5, 0.6) is 0 Å². The maximum absolute atomic E-state index is 11.9. The summed E-state index contributed by atoms with van der Waals surface area (Å²) < 4.78 is 9.67. The zero-order valence-corrected chi connectivity index (χ0v) is 14.5. The van der Waals surface area contributed by atoms with Crippen molar-refractivity contribution in [2.45, 2.75) is 6.42 Å². The number of nitrogen functional groups attached to an aromatic ring is 1. The fourth-order valence-electron chi connectivity index (χ4n) is 1.76. The quantitative estimate of drug-likeness (QED) is 0.202. The van der Waals surface area contributed by atoms with Gasteiger partial charge in [-0.15, -0.1) is 0 Å². The van der Waals surface area contributed by atoms with Crippen LogP contribution in [0.2, 0.25) is 5.15 Å². The Labute approximate surface area is 150 Å². The van der Waals surface area contributed by atoms with Gasteiger partial charge in [0.1, 0.15) is 18.6 Å². The molecule has 0 unspecified atom stereocenters. The summed E-state index contributed by atoms with van der Waals surface area (Å²) in [7, 11) is 1.42. The average Bonchev–Trinajstić information content (AvgIpc) is 2.60. The number of rotatable bonds is 11. The van der Waals surface area contributed by atoms with E-state index in [0.717, 1.165) is 5.06 Å². The highest BCUT2D eigenvalue weighted by atomic mass is 35.5. The molecule has 11 heteroatoms. The summed E-state index contributed by atoms with van der Waals surface area (Å²) in [6.45, 7) is 3.70. The number of hydroxylamine groups is 2. The average molecular weight is 374 g/mol. The third kappa shape index (κ3) is 6.53. The van der Waals surface area contributed by atoms with Gasteiger partial charge in [0.25, 0.3) is 0 Å². The first-order chi connectivity index (χ1) is 12.0. The van der Waals surface area contributed by atoms with Gasteiger partial charge in [-0.05, 0) is 6.42 Å². The summed E-state index contributed by atoms with van der Waals surface area (Å²) in [5.41, 5.74) is 5.93. The standard InChI is InChI=1S/C14H20ClN5O5/c1-3-7-24-14(22)20(25-10-23-2)6-4-5-19(9-21)11-12(15)17-8-18-13(11)16/h3,8-9H,1,4-7,10H2,2H3,(H2,16,17,18). The highest BCUT2D eigenvalue weighted by molar-refractivity contribution is 6.32. The molecular weight excluding hydrogens is 354 g/mol. The van der Waals surface area contributed by atoms with Crippen molar-refractivity contribution in [2.24, 2.45) is 0 Å². The number of anilines is 2. The highest BCUT2D eigenvalue weighted by Gasteiger charge is 2.19. The number of ether oxygens (including phenoxy) is 2. The van der Waals surface area contributed by atoms with Crippen molar-refractivity contribution in [3.05, 3.63) is 24.1 Å². The number of hydrogen-bond donors (Lipinski definition) is 1. The third-order valence-electron chi connectivity index (χ3n) is 2.84. The minimum Gasteiger partial charge on any atom is -0.444 e. The molecule has 2 amide bonds. The molecule has 0 aliphatic carbocycles. The lowest BCUT2D eigenvalue weighted by molar-refractivity contribution is -0.196. The van der Waals surface area contributed by atoms with Crippen molar-refractivity contribution >= 4 is 35.6 Å². The Morgan fingerprint density at radius 1 is 1.44 bits per heavy atom. The smallest absolute Gasteiger partial charge is 0.434 e. The zero-order valence-electron chi connectivity index (χ0n) is 13.8. The number of amides is 2. The summed E-state index contributed by atoms with van der Waals surface area (Å²) in [4.78, 5) is 37.2. The van der Waals surface area contributed by atoms with Gasteiger partial charge < -0.3 is 20.1 Å². The van der Waals surface area contributed by atoms with E-state index in [-0.39, 0.29) is 43.1 Å². The van der Waals surface area contributed by atoms with Gasteiger partial charge in [0.05, 0.1) is 6.54 Å². The summed E-state index contributed by atoms with van der Waals surface area (Å²) in [6.07, 6.45) is 2.82. The Morgan fingerprint density at radius 2 is 2.20 bits per heavy atom. The van der Waals surface area contributed by atoms with Crippen LogP contribution < -0.4 is 10.6 Å². The van der Waals surface area contributed by atoms with E-state index in [1.54, 1.807) is 0 Å². The fourth-order valence-corrected chi connectivity index (χ4v) is 2.01. The van der Waals surface area contributed by atoms with E-state index in [2.05, 4.69) is 16.5 Å². The molecule has 1 aromatic heterocycles. The van der Waals surface area contributed by atoms with Crippen LogP contribution in [0.1, 0.15) is 6.42 Å². The van der Waals surface area contributed by atoms with E-state index in [0.29, 0.717) is 12.8 Å². The molecule has 0 radical (unpaired) electrons. The molecule has 0 saturated carbocycles. The van der Waals surface area contributed by atoms with E-state index in [1.165, 1.54) is 24.4 Å². The largest absolute Gasteiger partial charge is 0.444 e. The van der Waals surface area contributed by atoms with Gasteiger partial charge in [-0.25, -0.2) is 19.6 Å². The molecule has 0 spiro atoms. The second-order valence-electron chi connectivity index (χ2n) is 4.55. The van der Waals surface area contributed by atoms with Gasteiger partial charge in [0, 0.05) is 13.7 Å². The number of hydrogen-bond acceptors (Lipinski definition) is 8. The molecule has 10 nitrogen and oxygen atoms in total. The first-order valence-corrected chi connectivity index (χ1v) is 7.57. The molecule has 0 fully saturated rings. The van der Waals surface area contributed by atoms with Crippen LogP contribution in [0, 0.1) is 0 Å². The van der Waals surface area contributed by atoms with Crippen LogP contribution in [0.4, 0.5) is 16.3 Å². The number of methoxy groups -OCH3 is 1.